The number of amides is 2. The molecule has 0 unspecified atom stereocenters. The maximum Gasteiger partial charge on any atom is 0.293 e. The zero-order valence-corrected chi connectivity index (χ0v) is 9.25. The Morgan fingerprint density at radius 1 is 1.25 bits per heavy atom. The molecule has 1 aliphatic heterocycles. The van der Waals surface area contributed by atoms with Gasteiger partial charge in [0, 0.05) is 7.05 Å². The Balaban J connectivity index is 2.29. The molecule has 0 aromatic heterocycles. The number of hydrogen-bond donors (Lipinski definition) is 0. The van der Waals surface area contributed by atoms with Gasteiger partial charge in [0.2, 0.25) is 0 Å². The zero-order chi connectivity index (χ0) is 11.7. The van der Waals surface area contributed by atoms with Gasteiger partial charge in [-0.15, -0.1) is 0 Å². The Hall–Kier alpha value is -1.62. The van der Waals surface area contributed by atoms with Crippen LogP contribution in [0.5, 0.6) is 0 Å². The van der Waals surface area contributed by atoms with Gasteiger partial charge in [0.1, 0.15) is 5.82 Å². The molecule has 1 heterocycles. The van der Waals surface area contributed by atoms with Gasteiger partial charge in [0.05, 0.1) is 4.91 Å². The van der Waals surface area contributed by atoms with Crippen molar-refractivity contribution in [3.63, 3.8) is 0 Å². The Kier molecular flexibility index (Phi) is 2.78. The summed E-state index contributed by atoms with van der Waals surface area (Å²) in [5.41, 5.74) is 0.695. The van der Waals surface area contributed by atoms with Crippen LogP contribution in [0.3, 0.4) is 0 Å². The van der Waals surface area contributed by atoms with Crippen molar-refractivity contribution in [1.82, 2.24) is 4.90 Å². The number of halogens is 1. The molecule has 1 aliphatic rings. The fourth-order valence-corrected chi connectivity index (χ4v) is 2.08. The first-order valence-electron chi connectivity index (χ1n) is 4.55. The van der Waals surface area contributed by atoms with Crippen LogP contribution >= 0.6 is 11.8 Å². The molecule has 0 bridgehead atoms. The molecule has 0 spiro atoms. The molecule has 1 saturated heterocycles. The summed E-state index contributed by atoms with van der Waals surface area (Å²) in [6.45, 7) is 0. The fraction of sp³-hybridized carbons (Fsp3) is 0.0909. The zero-order valence-electron chi connectivity index (χ0n) is 8.44. The standard InChI is InChI=1S/C11H8FNO2S/c1-13-10(14)9(16-11(13)15)6-7-2-4-8(12)5-3-7/h2-6H,1H3. The van der Waals surface area contributed by atoms with E-state index in [1.807, 2.05) is 0 Å². The predicted molar refractivity (Wildman–Crippen MR) is 60.1 cm³/mol. The topological polar surface area (TPSA) is 37.4 Å². The maximum atomic E-state index is 12.6. The number of thioether (sulfide) groups is 1. The lowest BCUT2D eigenvalue weighted by Crippen LogP contribution is -2.22. The number of carbonyl (C=O) groups excluding carboxylic acids is 2. The van der Waals surface area contributed by atoms with E-state index in [-0.39, 0.29) is 17.0 Å². The lowest BCUT2D eigenvalue weighted by Gasteiger charge is -2.00. The number of rotatable bonds is 1. The van der Waals surface area contributed by atoms with Crippen LogP contribution in [0, 0.1) is 5.82 Å². The third-order valence-electron chi connectivity index (χ3n) is 2.15. The second kappa shape index (κ2) is 4.09. The normalized spacial score (nSPS) is 18.6. The van der Waals surface area contributed by atoms with Gasteiger partial charge in [-0.25, -0.2) is 4.39 Å². The van der Waals surface area contributed by atoms with Gasteiger partial charge in [-0.2, -0.15) is 0 Å². The maximum absolute atomic E-state index is 12.6. The van der Waals surface area contributed by atoms with Crippen LogP contribution in [0.25, 0.3) is 6.08 Å². The molecule has 0 saturated carbocycles. The van der Waals surface area contributed by atoms with Gasteiger partial charge in [-0.1, -0.05) is 12.1 Å². The van der Waals surface area contributed by atoms with Crippen LogP contribution in [0.1, 0.15) is 5.56 Å². The molecule has 2 rings (SSSR count). The minimum absolute atomic E-state index is 0.293. The van der Waals surface area contributed by atoms with Crippen LogP contribution in [0.15, 0.2) is 29.2 Å². The average molecular weight is 237 g/mol. The quantitative estimate of drug-likeness (QED) is 0.704. The first-order valence-corrected chi connectivity index (χ1v) is 5.37. The van der Waals surface area contributed by atoms with E-state index in [1.165, 1.54) is 19.2 Å². The van der Waals surface area contributed by atoms with Crippen molar-refractivity contribution in [3.05, 3.63) is 40.6 Å². The highest BCUT2D eigenvalue weighted by Gasteiger charge is 2.31. The van der Waals surface area contributed by atoms with E-state index < -0.39 is 0 Å². The number of carbonyl (C=O) groups is 2. The highest BCUT2D eigenvalue weighted by atomic mass is 32.2. The van der Waals surface area contributed by atoms with E-state index in [0.717, 1.165) is 16.7 Å². The number of hydrogen-bond acceptors (Lipinski definition) is 3. The molecule has 5 heteroatoms. The molecule has 1 aromatic rings. The van der Waals surface area contributed by atoms with Gasteiger partial charge in [-0.3, -0.25) is 14.5 Å². The lowest BCUT2D eigenvalue weighted by atomic mass is 10.2. The van der Waals surface area contributed by atoms with Gasteiger partial charge < -0.3 is 0 Å². The summed E-state index contributed by atoms with van der Waals surface area (Å²) < 4.78 is 12.6. The summed E-state index contributed by atoms with van der Waals surface area (Å²) in [6.07, 6.45) is 1.58. The molecule has 2 amide bonds. The van der Waals surface area contributed by atoms with Crippen LogP contribution in [0.2, 0.25) is 0 Å². The van der Waals surface area contributed by atoms with E-state index >= 15 is 0 Å². The molecule has 3 nitrogen and oxygen atoms in total. The van der Waals surface area contributed by atoms with E-state index in [4.69, 9.17) is 0 Å². The summed E-state index contributed by atoms with van der Waals surface area (Å²) >= 11 is 0.886. The Bertz CT molecular complexity index is 481. The molecule has 0 aliphatic carbocycles. The Morgan fingerprint density at radius 3 is 2.38 bits per heavy atom. The molecular formula is C11H8FNO2S. The molecular weight excluding hydrogens is 229 g/mol. The second-order valence-corrected chi connectivity index (χ2v) is 4.29. The van der Waals surface area contributed by atoms with Crippen LogP contribution in [0.4, 0.5) is 9.18 Å². The van der Waals surface area contributed by atoms with Gasteiger partial charge in [-0.05, 0) is 35.5 Å². The van der Waals surface area contributed by atoms with Crippen molar-refractivity contribution in [3.8, 4) is 0 Å². The van der Waals surface area contributed by atoms with Gasteiger partial charge in [0.25, 0.3) is 11.1 Å². The molecule has 16 heavy (non-hydrogen) atoms. The van der Waals surface area contributed by atoms with Crippen LogP contribution in [-0.2, 0) is 4.79 Å². The fourth-order valence-electron chi connectivity index (χ4n) is 1.26. The number of likely N-dealkylation sites (N-methyl/N-ethyl adjacent to an activating group) is 1. The Labute approximate surface area is 95.9 Å². The van der Waals surface area contributed by atoms with E-state index in [9.17, 15) is 14.0 Å². The summed E-state index contributed by atoms with van der Waals surface area (Å²) in [7, 11) is 1.43. The average Bonchev–Trinajstić information content (AvgIpc) is 2.50. The lowest BCUT2D eigenvalue weighted by molar-refractivity contribution is -0.121. The van der Waals surface area contributed by atoms with Crippen molar-refractivity contribution in [2.45, 2.75) is 0 Å². The molecule has 0 radical (unpaired) electrons. The monoisotopic (exact) mass is 237 g/mol. The van der Waals surface area contributed by atoms with Crippen molar-refractivity contribution < 1.29 is 14.0 Å². The summed E-state index contributed by atoms with van der Waals surface area (Å²) in [6, 6.07) is 5.72. The third-order valence-corrected chi connectivity index (χ3v) is 3.12. The highest BCUT2D eigenvalue weighted by molar-refractivity contribution is 8.18. The van der Waals surface area contributed by atoms with Gasteiger partial charge >= 0.3 is 0 Å². The van der Waals surface area contributed by atoms with Crippen molar-refractivity contribution in [2.24, 2.45) is 0 Å². The third kappa shape index (κ3) is 1.99. The van der Waals surface area contributed by atoms with Gasteiger partial charge in [0.15, 0.2) is 0 Å². The van der Waals surface area contributed by atoms with E-state index in [2.05, 4.69) is 0 Å². The van der Waals surface area contributed by atoms with Crippen molar-refractivity contribution in [1.29, 1.82) is 0 Å². The number of benzene rings is 1. The minimum atomic E-state index is -0.333. The largest absolute Gasteiger partial charge is 0.293 e. The summed E-state index contributed by atoms with van der Waals surface area (Å²) in [4.78, 5) is 24.2. The Morgan fingerprint density at radius 2 is 1.88 bits per heavy atom. The van der Waals surface area contributed by atoms with E-state index in [0.29, 0.717) is 10.5 Å². The van der Waals surface area contributed by atoms with Crippen LogP contribution in [-0.4, -0.2) is 23.1 Å². The highest BCUT2D eigenvalue weighted by Crippen LogP contribution is 2.30. The van der Waals surface area contributed by atoms with Crippen LogP contribution < -0.4 is 0 Å². The minimum Gasteiger partial charge on any atom is -0.272 e. The number of imide groups is 1. The molecule has 82 valence electrons. The summed E-state index contributed by atoms with van der Waals surface area (Å²) in [5.74, 6) is -0.653. The first-order chi connectivity index (χ1) is 7.58. The summed E-state index contributed by atoms with van der Waals surface area (Å²) in [5, 5.41) is -0.293. The SMILES string of the molecule is CN1C(=O)SC(=Cc2ccc(F)cc2)C1=O. The van der Waals surface area contributed by atoms with Crippen molar-refractivity contribution in [2.75, 3.05) is 7.05 Å². The first kappa shape index (κ1) is 10.9. The van der Waals surface area contributed by atoms with Crippen molar-refractivity contribution >= 4 is 29.0 Å². The second-order valence-electron chi connectivity index (χ2n) is 3.29. The number of nitrogens with zero attached hydrogens (tertiary/aromatic N) is 1. The molecule has 1 aromatic carbocycles. The van der Waals surface area contributed by atoms with E-state index in [1.54, 1.807) is 18.2 Å². The molecule has 0 N–H and O–H groups in total. The molecule has 1 fully saturated rings. The molecule has 0 atom stereocenters. The predicted octanol–water partition coefficient (Wildman–Crippen LogP) is 2.49. The smallest absolute Gasteiger partial charge is 0.272 e.